The van der Waals surface area contributed by atoms with E-state index in [0.29, 0.717) is 34.5 Å². The third-order valence-electron chi connectivity index (χ3n) is 8.05. The minimum atomic E-state index is -4.48. The molecule has 0 bridgehead atoms. The second-order valence-corrected chi connectivity index (χ2v) is 11.6. The Balaban J connectivity index is 0.000000186. The summed E-state index contributed by atoms with van der Waals surface area (Å²) in [6, 6.07) is 25.0. The van der Waals surface area contributed by atoms with E-state index in [1.54, 1.807) is 47.9 Å². The molecule has 0 N–H and O–H groups in total. The van der Waals surface area contributed by atoms with E-state index in [1.807, 2.05) is 72.4 Å². The third kappa shape index (κ3) is 6.91. The molecule has 0 amide bonds. The van der Waals surface area contributed by atoms with Crippen molar-refractivity contribution >= 4 is 34.1 Å². The Labute approximate surface area is 304 Å². The maximum Gasteiger partial charge on any atom is 0.394 e. The van der Waals surface area contributed by atoms with Gasteiger partial charge >= 0.3 is 6.18 Å². The van der Waals surface area contributed by atoms with Crippen molar-refractivity contribution < 1.29 is 42.1 Å². The summed E-state index contributed by atoms with van der Waals surface area (Å²) in [6.07, 6.45) is -2.87. The number of hydrogen-bond donors (Lipinski definition) is 0. The zero-order chi connectivity index (χ0) is 35.3. The van der Waals surface area contributed by atoms with Crippen molar-refractivity contribution in [3.63, 3.8) is 0 Å². The number of halogens is 5. The van der Waals surface area contributed by atoms with Crippen molar-refractivity contribution in [2.24, 2.45) is 7.05 Å². The van der Waals surface area contributed by atoms with E-state index in [1.165, 1.54) is 0 Å². The number of anilines is 6. The van der Waals surface area contributed by atoms with Crippen LogP contribution in [0.1, 0.15) is 11.4 Å². The Bertz CT molecular complexity index is 2120. The quantitative estimate of drug-likeness (QED) is 0.131. The van der Waals surface area contributed by atoms with E-state index < -0.39 is 23.4 Å². The molecule has 15 heteroatoms. The summed E-state index contributed by atoms with van der Waals surface area (Å²) in [6.45, 7) is 5.26. The zero-order valence-electron chi connectivity index (χ0n) is 27.4. The second-order valence-electron chi connectivity index (χ2n) is 11.6. The molecule has 9 nitrogen and oxygen atoms in total. The number of rotatable bonds is 4. The normalized spacial score (nSPS) is 13.5. The van der Waals surface area contributed by atoms with E-state index in [9.17, 15) is 22.0 Å². The number of hydrogen-bond acceptors (Lipinski definition) is 7. The number of benzene rings is 4. The zero-order valence-corrected chi connectivity index (χ0v) is 29.8. The predicted octanol–water partition coefficient (Wildman–Crippen LogP) is 7.81. The van der Waals surface area contributed by atoms with Gasteiger partial charge in [-0.3, -0.25) is 18.9 Å². The molecule has 0 atom stereocenters. The largest absolute Gasteiger partial charge is 0.504 e. The van der Waals surface area contributed by atoms with Gasteiger partial charge in [0.05, 0.1) is 0 Å². The molecular formula is C36H27F5IrN9-5. The predicted molar refractivity (Wildman–Crippen MR) is 179 cm³/mol. The van der Waals surface area contributed by atoms with E-state index in [-0.39, 0.29) is 25.7 Å². The van der Waals surface area contributed by atoms with Gasteiger partial charge in [-0.05, 0) is 51.5 Å². The molecule has 0 spiro atoms. The van der Waals surface area contributed by atoms with Gasteiger partial charge in [-0.25, -0.2) is 0 Å². The Hall–Kier alpha value is -5.27. The minimum absolute atomic E-state index is 0. The number of alkyl halides is 3. The number of nitrogens with zero attached hydrogens (tertiary/aromatic N) is 9. The van der Waals surface area contributed by atoms with Gasteiger partial charge in [-0.2, -0.15) is 26.5 Å². The molecule has 0 aliphatic carbocycles. The Morgan fingerprint density at radius 2 is 1.33 bits per heavy atom. The summed E-state index contributed by atoms with van der Waals surface area (Å²) in [7, 11) is 5.47. The number of para-hydroxylation sites is 4. The standard InChI is InChI=1S/C23H18F3N4.C13H9F2N5.Ir/c1-27-14-29(21-9-5-3-7-19(21)27)17-11-16(23(24,25)26)12-18(13-17)30-15-28(2)20-8-4-6-10-22(20)30;1-7-16-12(19-18-7)13-17-11(6-20(13)2)9-4-3-8(14)5-10(9)15;/h3-12,14-15H,1-2H3;3,5-6H,1-2H3;/q-3;-2;. The van der Waals surface area contributed by atoms with Crippen LogP contribution in [0, 0.1) is 44.0 Å². The van der Waals surface area contributed by atoms with Crippen LogP contribution in [0.5, 0.6) is 0 Å². The smallest absolute Gasteiger partial charge is 0.394 e. The van der Waals surface area contributed by atoms with Crippen LogP contribution in [0.2, 0.25) is 0 Å². The monoisotopic (exact) mass is 873 g/mol. The molecule has 1 radical (unpaired) electrons. The summed E-state index contributed by atoms with van der Waals surface area (Å²) < 4.78 is 69.6. The number of fused-ring (bicyclic) bond motifs is 2. The van der Waals surface area contributed by atoms with Crippen LogP contribution in [0.15, 0.2) is 79.0 Å². The first-order valence-corrected chi connectivity index (χ1v) is 15.2. The molecular weight excluding hydrogens is 846 g/mol. The average molecular weight is 873 g/mol. The fraction of sp³-hybridized carbons (Fsp3) is 0.139. The van der Waals surface area contributed by atoms with Crippen molar-refractivity contribution in [3.8, 4) is 22.9 Å². The first kappa shape index (κ1) is 35.6. The van der Waals surface area contributed by atoms with E-state index in [0.717, 1.165) is 47.0 Å². The molecule has 2 aliphatic rings. The third-order valence-corrected chi connectivity index (χ3v) is 8.05. The van der Waals surface area contributed by atoms with Crippen LogP contribution in [-0.2, 0) is 33.3 Å². The second kappa shape index (κ2) is 13.8. The molecule has 4 heterocycles. The molecule has 4 aromatic carbocycles. The van der Waals surface area contributed by atoms with Crippen molar-refractivity contribution in [1.82, 2.24) is 24.7 Å². The number of aryl methyl sites for hydroxylation is 2. The van der Waals surface area contributed by atoms with Crippen molar-refractivity contribution in [1.29, 1.82) is 0 Å². The van der Waals surface area contributed by atoms with Gasteiger partial charge in [0.15, 0.2) is 0 Å². The van der Waals surface area contributed by atoms with Gasteiger partial charge in [-0.15, -0.1) is 41.7 Å². The molecule has 0 saturated carbocycles. The molecule has 265 valence electrons. The molecule has 8 rings (SSSR count). The van der Waals surface area contributed by atoms with Crippen LogP contribution in [0.25, 0.3) is 22.9 Å². The molecule has 2 aromatic heterocycles. The van der Waals surface area contributed by atoms with Gasteiger partial charge in [0.2, 0.25) is 0 Å². The topological polar surface area (TPSA) is 70.7 Å². The van der Waals surface area contributed by atoms with Crippen LogP contribution in [0.4, 0.5) is 56.1 Å². The summed E-state index contributed by atoms with van der Waals surface area (Å²) >= 11 is 0. The van der Waals surface area contributed by atoms with Gasteiger partial charge in [0.1, 0.15) is 5.82 Å². The first-order valence-electron chi connectivity index (χ1n) is 15.2. The average Bonchev–Trinajstić information content (AvgIpc) is 3.86. The van der Waals surface area contributed by atoms with Crippen LogP contribution < -0.4 is 24.7 Å². The minimum Gasteiger partial charge on any atom is -0.504 e. The number of aromatic nitrogens is 5. The van der Waals surface area contributed by atoms with Crippen molar-refractivity contribution in [2.75, 3.05) is 33.7 Å². The molecule has 2 aliphatic heterocycles. The Morgan fingerprint density at radius 3 is 1.82 bits per heavy atom. The SMILES string of the molecule is CN1[CH-]N(c2[c-]c(N3[CH-]N(C)c4ccccc43)cc(C(F)(F)F)c2)c2ccccc21.Cc1n[n-]c(-c2nc(-c3[c-]cc(F)cc3F)cn2C)n1.[Ir]. The summed E-state index contributed by atoms with van der Waals surface area (Å²) in [5, 5.41) is 7.68. The number of imidazole rings is 1. The van der Waals surface area contributed by atoms with Crippen molar-refractivity contribution in [3.05, 3.63) is 127 Å². The summed E-state index contributed by atoms with van der Waals surface area (Å²) in [5.41, 5.74) is 3.84. The van der Waals surface area contributed by atoms with Crippen LogP contribution in [0.3, 0.4) is 0 Å². The Morgan fingerprint density at radius 1 is 0.784 bits per heavy atom. The molecule has 51 heavy (non-hydrogen) atoms. The Kier molecular flexibility index (Phi) is 9.62. The van der Waals surface area contributed by atoms with Gasteiger partial charge in [-0.1, -0.05) is 41.5 Å². The maximum absolute atomic E-state index is 13.8. The van der Waals surface area contributed by atoms with E-state index >= 15 is 0 Å². The first-order chi connectivity index (χ1) is 23.9. The van der Waals surface area contributed by atoms with Crippen LogP contribution in [-0.4, -0.2) is 33.7 Å². The van der Waals surface area contributed by atoms with Crippen molar-refractivity contribution in [2.45, 2.75) is 13.1 Å². The molecule has 0 unspecified atom stereocenters. The van der Waals surface area contributed by atoms with Gasteiger partial charge < -0.3 is 34.2 Å². The maximum atomic E-state index is 13.8. The van der Waals surface area contributed by atoms with E-state index in [2.05, 4.69) is 32.3 Å². The molecule has 0 saturated heterocycles. The fourth-order valence-corrected chi connectivity index (χ4v) is 5.72. The van der Waals surface area contributed by atoms with Crippen LogP contribution >= 0.6 is 0 Å². The van der Waals surface area contributed by atoms with Gasteiger partial charge in [0, 0.05) is 78.9 Å². The van der Waals surface area contributed by atoms with E-state index in [4.69, 9.17) is 0 Å². The fourth-order valence-electron chi connectivity index (χ4n) is 5.72. The summed E-state index contributed by atoms with van der Waals surface area (Å²) in [5.74, 6) is -0.0467. The molecule has 6 aromatic rings. The van der Waals surface area contributed by atoms with Gasteiger partial charge in [0.25, 0.3) is 0 Å². The summed E-state index contributed by atoms with van der Waals surface area (Å²) in [4.78, 5) is 15.6. The molecule has 0 fully saturated rings.